The Bertz CT molecular complexity index is 280. The van der Waals surface area contributed by atoms with Crippen LogP contribution in [0.25, 0.3) is 0 Å². The lowest BCUT2D eigenvalue weighted by atomic mass is 9.83. The first-order valence-electron chi connectivity index (χ1n) is 7.68. The molecule has 110 valence electrons. The highest BCUT2D eigenvalue weighted by Gasteiger charge is 2.24. The van der Waals surface area contributed by atoms with E-state index in [1.54, 1.807) is 7.11 Å². The second-order valence-electron chi connectivity index (χ2n) is 6.24. The number of hydrogen-bond donors (Lipinski definition) is 0. The maximum absolute atomic E-state index is 11.7. The molecule has 1 saturated heterocycles. The Morgan fingerprint density at radius 3 is 2.32 bits per heavy atom. The molecule has 1 saturated carbocycles. The minimum Gasteiger partial charge on any atom is -0.375 e. The van der Waals surface area contributed by atoms with Crippen LogP contribution in [0.15, 0.2) is 0 Å². The summed E-state index contributed by atoms with van der Waals surface area (Å²) in [7, 11) is 1.58. The van der Waals surface area contributed by atoms with Crippen molar-refractivity contribution < 1.29 is 9.53 Å². The van der Waals surface area contributed by atoms with Crippen molar-refractivity contribution in [1.29, 1.82) is 0 Å². The first-order valence-corrected chi connectivity index (χ1v) is 7.68. The van der Waals surface area contributed by atoms with Gasteiger partial charge in [-0.3, -0.25) is 9.69 Å². The summed E-state index contributed by atoms with van der Waals surface area (Å²) in [6, 6.07) is 0. The van der Waals surface area contributed by atoms with Crippen molar-refractivity contribution >= 4 is 5.91 Å². The smallest absolute Gasteiger partial charge is 0.248 e. The van der Waals surface area contributed by atoms with E-state index in [1.807, 2.05) is 4.90 Å². The molecule has 2 aliphatic rings. The molecule has 0 aromatic heterocycles. The van der Waals surface area contributed by atoms with E-state index in [0.717, 1.165) is 38.0 Å². The van der Waals surface area contributed by atoms with Crippen LogP contribution in [0, 0.1) is 11.8 Å². The Morgan fingerprint density at radius 1 is 1.11 bits per heavy atom. The molecule has 1 aliphatic carbocycles. The number of methoxy groups -OCH3 is 1. The van der Waals surface area contributed by atoms with E-state index in [1.165, 1.54) is 32.2 Å². The van der Waals surface area contributed by atoms with Gasteiger partial charge in [-0.15, -0.1) is 0 Å². The molecule has 0 N–H and O–H groups in total. The lowest BCUT2D eigenvalue weighted by Gasteiger charge is -2.37. The summed E-state index contributed by atoms with van der Waals surface area (Å²) >= 11 is 0. The SMILES string of the molecule is COCC(=O)N1CCN(CC2CCC(C)CC2)CC1. The van der Waals surface area contributed by atoms with Gasteiger partial charge in [0.2, 0.25) is 5.91 Å². The van der Waals surface area contributed by atoms with Gasteiger partial charge >= 0.3 is 0 Å². The van der Waals surface area contributed by atoms with Gasteiger partial charge in [0.05, 0.1) is 0 Å². The number of piperazine rings is 1. The molecule has 2 fully saturated rings. The van der Waals surface area contributed by atoms with Gasteiger partial charge in [0.25, 0.3) is 0 Å². The third-order valence-electron chi connectivity index (χ3n) is 4.64. The number of carbonyl (C=O) groups excluding carboxylic acids is 1. The van der Waals surface area contributed by atoms with Gasteiger partial charge in [0.1, 0.15) is 6.61 Å². The van der Waals surface area contributed by atoms with Crippen LogP contribution in [-0.4, -0.2) is 62.1 Å². The zero-order valence-electron chi connectivity index (χ0n) is 12.4. The van der Waals surface area contributed by atoms with Gasteiger partial charge < -0.3 is 9.64 Å². The number of carbonyl (C=O) groups is 1. The Hall–Kier alpha value is -0.610. The fourth-order valence-electron chi connectivity index (χ4n) is 3.27. The van der Waals surface area contributed by atoms with Crippen molar-refractivity contribution in [2.24, 2.45) is 11.8 Å². The fraction of sp³-hybridized carbons (Fsp3) is 0.933. The number of rotatable bonds is 4. The minimum atomic E-state index is 0.133. The molecule has 19 heavy (non-hydrogen) atoms. The van der Waals surface area contributed by atoms with Gasteiger partial charge in [0, 0.05) is 39.8 Å². The lowest BCUT2D eigenvalue weighted by molar-refractivity contribution is -0.137. The number of nitrogens with zero attached hydrogens (tertiary/aromatic N) is 2. The third kappa shape index (κ3) is 4.46. The molecule has 0 atom stereocenters. The van der Waals surface area contributed by atoms with Crippen LogP contribution in [0.2, 0.25) is 0 Å². The van der Waals surface area contributed by atoms with Gasteiger partial charge in [-0.2, -0.15) is 0 Å². The lowest BCUT2D eigenvalue weighted by Crippen LogP contribution is -2.50. The minimum absolute atomic E-state index is 0.133. The first kappa shape index (κ1) is 14.8. The Balaban J connectivity index is 1.67. The van der Waals surface area contributed by atoms with Crippen molar-refractivity contribution in [2.45, 2.75) is 32.6 Å². The second-order valence-corrected chi connectivity index (χ2v) is 6.24. The van der Waals surface area contributed by atoms with E-state index >= 15 is 0 Å². The van der Waals surface area contributed by atoms with Crippen molar-refractivity contribution in [3.63, 3.8) is 0 Å². The van der Waals surface area contributed by atoms with Crippen molar-refractivity contribution in [2.75, 3.05) is 46.4 Å². The summed E-state index contributed by atoms with van der Waals surface area (Å²) in [4.78, 5) is 16.2. The molecule has 0 aromatic rings. The largest absolute Gasteiger partial charge is 0.375 e. The van der Waals surface area contributed by atoms with Crippen molar-refractivity contribution in [3.05, 3.63) is 0 Å². The second kappa shape index (κ2) is 7.25. The summed E-state index contributed by atoms with van der Waals surface area (Å²) in [6.07, 6.45) is 5.59. The summed E-state index contributed by atoms with van der Waals surface area (Å²) in [5.41, 5.74) is 0. The molecule has 0 radical (unpaired) electrons. The summed E-state index contributed by atoms with van der Waals surface area (Å²) in [5, 5.41) is 0. The van der Waals surface area contributed by atoms with Crippen LogP contribution in [0.5, 0.6) is 0 Å². The molecule has 0 unspecified atom stereocenters. The van der Waals surface area contributed by atoms with Crippen LogP contribution in [0.3, 0.4) is 0 Å². The molecule has 4 nitrogen and oxygen atoms in total. The molecule has 0 aromatic carbocycles. The highest BCUT2D eigenvalue weighted by molar-refractivity contribution is 5.77. The molecular weight excluding hydrogens is 240 g/mol. The van der Waals surface area contributed by atoms with E-state index < -0.39 is 0 Å². The predicted molar refractivity (Wildman–Crippen MR) is 76.0 cm³/mol. The van der Waals surface area contributed by atoms with E-state index in [-0.39, 0.29) is 12.5 Å². The Labute approximate surface area is 117 Å². The highest BCUT2D eigenvalue weighted by Crippen LogP contribution is 2.28. The van der Waals surface area contributed by atoms with Crippen LogP contribution < -0.4 is 0 Å². The molecule has 4 heteroatoms. The number of ether oxygens (including phenoxy) is 1. The van der Waals surface area contributed by atoms with Crippen LogP contribution in [0.4, 0.5) is 0 Å². The highest BCUT2D eigenvalue weighted by atomic mass is 16.5. The predicted octanol–water partition coefficient (Wildman–Crippen LogP) is 1.60. The van der Waals surface area contributed by atoms with Gasteiger partial charge in [-0.25, -0.2) is 0 Å². The van der Waals surface area contributed by atoms with E-state index in [9.17, 15) is 4.79 Å². The van der Waals surface area contributed by atoms with E-state index in [2.05, 4.69) is 11.8 Å². The van der Waals surface area contributed by atoms with E-state index in [4.69, 9.17) is 4.74 Å². The quantitative estimate of drug-likeness (QED) is 0.776. The van der Waals surface area contributed by atoms with Crippen LogP contribution in [0.1, 0.15) is 32.6 Å². The molecule has 1 amide bonds. The molecule has 0 bridgehead atoms. The number of hydrogen-bond acceptors (Lipinski definition) is 3. The summed E-state index contributed by atoms with van der Waals surface area (Å²) in [6.45, 7) is 7.62. The maximum atomic E-state index is 11.7. The monoisotopic (exact) mass is 268 g/mol. The summed E-state index contributed by atoms with van der Waals surface area (Å²) < 4.78 is 4.91. The molecule has 2 rings (SSSR count). The molecule has 1 heterocycles. The average Bonchev–Trinajstić information content (AvgIpc) is 2.42. The van der Waals surface area contributed by atoms with Crippen molar-refractivity contribution in [1.82, 2.24) is 9.80 Å². The Kier molecular flexibility index (Phi) is 5.64. The molecule has 1 aliphatic heterocycles. The molecular formula is C15H28N2O2. The topological polar surface area (TPSA) is 32.8 Å². The molecule has 0 spiro atoms. The average molecular weight is 268 g/mol. The van der Waals surface area contributed by atoms with Crippen molar-refractivity contribution in [3.8, 4) is 0 Å². The normalized spacial score (nSPS) is 29.5. The fourth-order valence-corrected chi connectivity index (χ4v) is 3.27. The maximum Gasteiger partial charge on any atom is 0.248 e. The zero-order chi connectivity index (χ0) is 13.7. The van der Waals surface area contributed by atoms with E-state index in [0.29, 0.717) is 0 Å². The summed E-state index contributed by atoms with van der Waals surface area (Å²) in [5.74, 6) is 1.95. The Morgan fingerprint density at radius 2 is 1.74 bits per heavy atom. The van der Waals surface area contributed by atoms with Crippen LogP contribution in [-0.2, 0) is 9.53 Å². The van der Waals surface area contributed by atoms with Gasteiger partial charge in [-0.05, 0) is 24.7 Å². The number of amides is 1. The van der Waals surface area contributed by atoms with Gasteiger partial charge in [-0.1, -0.05) is 19.8 Å². The third-order valence-corrected chi connectivity index (χ3v) is 4.64. The zero-order valence-corrected chi connectivity index (χ0v) is 12.4. The van der Waals surface area contributed by atoms with Crippen LogP contribution >= 0.6 is 0 Å². The first-order chi connectivity index (χ1) is 9.19. The van der Waals surface area contributed by atoms with Gasteiger partial charge in [0.15, 0.2) is 0 Å². The standard InChI is InChI=1S/C15H28N2O2/c1-13-3-5-14(6-4-13)11-16-7-9-17(10-8-16)15(18)12-19-2/h13-14H,3-12H2,1-2H3.